The monoisotopic (exact) mass is 194 g/mol. The zero-order chi connectivity index (χ0) is 9.97. The summed E-state index contributed by atoms with van der Waals surface area (Å²) < 4.78 is 18.6. The Hall–Kier alpha value is -1.05. The normalized spacial score (nSPS) is 19.1. The van der Waals surface area contributed by atoms with Gasteiger partial charge in [-0.2, -0.15) is 0 Å². The van der Waals surface area contributed by atoms with Crippen molar-refractivity contribution < 1.29 is 9.13 Å². The van der Waals surface area contributed by atoms with Gasteiger partial charge in [0.05, 0.1) is 0 Å². The van der Waals surface area contributed by atoms with E-state index >= 15 is 0 Å². The highest BCUT2D eigenvalue weighted by Crippen LogP contribution is 2.30. The third kappa shape index (κ3) is 1.89. The van der Waals surface area contributed by atoms with Crippen molar-refractivity contribution in [1.82, 2.24) is 0 Å². The molecule has 1 aromatic rings. The summed E-state index contributed by atoms with van der Waals surface area (Å²) in [6, 6.07) is 4.78. The van der Waals surface area contributed by atoms with Crippen LogP contribution in [0.2, 0.25) is 0 Å². The average Bonchev–Trinajstić information content (AvgIpc) is 2.56. The predicted molar refractivity (Wildman–Crippen MR) is 54.0 cm³/mol. The number of unbranched alkanes of at least 4 members (excludes halogenated alkanes) is 1. The van der Waals surface area contributed by atoms with Crippen molar-refractivity contribution in [1.29, 1.82) is 0 Å². The SMILES string of the molecule is CCCC[C@@H]1Cc2cc(F)ccc2O1. The van der Waals surface area contributed by atoms with Gasteiger partial charge < -0.3 is 4.74 Å². The summed E-state index contributed by atoms with van der Waals surface area (Å²) in [4.78, 5) is 0. The van der Waals surface area contributed by atoms with Gasteiger partial charge in [0.1, 0.15) is 17.7 Å². The zero-order valence-electron chi connectivity index (χ0n) is 8.42. The summed E-state index contributed by atoms with van der Waals surface area (Å²) in [6.45, 7) is 2.17. The summed E-state index contributed by atoms with van der Waals surface area (Å²) >= 11 is 0. The molecule has 1 aliphatic rings. The molecule has 1 nitrogen and oxygen atoms in total. The molecule has 0 fully saturated rings. The minimum atomic E-state index is -0.163. The largest absolute Gasteiger partial charge is 0.490 e. The van der Waals surface area contributed by atoms with Crippen LogP contribution < -0.4 is 4.74 Å². The smallest absolute Gasteiger partial charge is 0.123 e. The number of hydrogen-bond donors (Lipinski definition) is 0. The van der Waals surface area contributed by atoms with Gasteiger partial charge in [-0.15, -0.1) is 0 Å². The molecule has 14 heavy (non-hydrogen) atoms. The van der Waals surface area contributed by atoms with Crippen LogP contribution in [-0.4, -0.2) is 6.10 Å². The Morgan fingerprint density at radius 3 is 3.14 bits per heavy atom. The zero-order valence-corrected chi connectivity index (χ0v) is 8.42. The summed E-state index contributed by atoms with van der Waals surface area (Å²) in [5.41, 5.74) is 1.02. The van der Waals surface area contributed by atoms with Crippen LogP contribution in [0, 0.1) is 5.82 Å². The molecule has 0 unspecified atom stereocenters. The van der Waals surface area contributed by atoms with Crippen molar-refractivity contribution in [2.24, 2.45) is 0 Å². The van der Waals surface area contributed by atoms with E-state index in [1.807, 2.05) is 0 Å². The first-order valence-electron chi connectivity index (χ1n) is 5.24. The molecule has 0 aliphatic carbocycles. The molecule has 2 heteroatoms. The van der Waals surface area contributed by atoms with Crippen LogP contribution in [-0.2, 0) is 6.42 Å². The highest BCUT2D eigenvalue weighted by atomic mass is 19.1. The predicted octanol–water partition coefficient (Wildman–Crippen LogP) is 3.32. The molecule has 0 spiro atoms. The average molecular weight is 194 g/mol. The highest BCUT2D eigenvalue weighted by Gasteiger charge is 2.22. The Morgan fingerprint density at radius 1 is 1.50 bits per heavy atom. The molecular weight excluding hydrogens is 179 g/mol. The van der Waals surface area contributed by atoms with Gasteiger partial charge in [-0.1, -0.05) is 19.8 Å². The van der Waals surface area contributed by atoms with Crippen LogP contribution in [0.3, 0.4) is 0 Å². The first-order chi connectivity index (χ1) is 6.79. The van der Waals surface area contributed by atoms with E-state index in [4.69, 9.17) is 4.74 Å². The van der Waals surface area contributed by atoms with Gasteiger partial charge in [0.2, 0.25) is 0 Å². The molecule has 0 N–H and O–H groups in total. The molecule has 0 saturated carbocycles. The molecule has 0 bridgehead atoms. The highest BCUT2D eigenvalue weighted by molar-refractivity contribution is 5.37. The summed E-state index contributed by atoms with van der Waals surface area (Å²) in [6.07, 6.45) is 4.58. The van der Waals surface area contributed by atoms with Crippen molar-refractivity contribution in [3.05, 3.63) is 29.6 Å². The van der Waals surface area contributed by atoms with Crippen molar-refractivity contribution in [3.8, 4) is 5.75 Å². The number of fused-ring (bicyclic) bond motifs is 1. The second kappa shape index (κ2) is 3.99. The lowest BCUT2D eigenvalue weighted by Gasteiger charge is -2.08. The summed E-state index contributed by atoms with van der Waals surface area (Å²) in [5.74, 6) is 0.705. The Morgan fingerprint density at radius 2 is 2.36 bits per heavy atom. The fraction of sp³-hybridized carbons (Fsp3) is 0.500. The number of benzene rings is 1. The van der Waals surface area contributed by atoms with E-state index in [2.05, 4.69) is 6.92 Å². The number of halogens is 1. The number of hydrogen-bond acceptors (Lipinski definition) is 1. The van der Waals surface area contributed by atoms with Crippen molar-refractivity contribution in [2.75, 3.05) is 0 Å². The van der Waals surface area contributed by atoms with Crippen LogP contribution >= 0.6 is 0 Å². The van der Waals surface area contributed by atoms with Crippen molar-refractivity contribution in [2.45, 2.75) is 38.7 Å². The fourth-order valence-corrected chi connectivity index (χ4v) is 1.88. The summed E-state index contributed by atoms with van der Waals surface area (Å²) in [5, 5.41) is 0. The molecule has 1 heterocycles. The fourth-order valence-electron chi connectivity index (χ4n) is 1.88. The number of rotatable bonds is 3. The van der Waals surface area contributed by atoms with E-state index in [1.165, 1.54) is 18.9 Å². The molecule has 2 rings (SSSR count). The first kappa shape index (κ1) is 9.50. The van der Waals surface area contributed by atoms with Gasteiger partial charge in [-0.3, -0.25) is 0 Å². The van der Waals surface area contributed by atoms with Gasteiger partial charge in [0, 0.05) is 12.0 Å². The molecular formula is C12H15FO. The Labute approximate surface area is 83.9 Å². The maximum atomic E-state index is 12.9. The lowest BCUT2D eigenvalue weighted by atomic mass is 10.1. The van der Waals surface area contributed by atoms with Gasteiger partial charge >= 0.3 is 0 Å². The second-order valence-corrected chi connectivity index (χ2v) is 3.84. The maximum Gasteiger partial charge on any atom is 0.123 e. The lowest BCUT2D eigenvalue weighted by molar-refractivity contribution is 0.217. The molecule has 1 atom stereocenters. The standard InChI is InChI=1S/C12H15FO/c1-2-3-4-11-8-9-7-10(13)5-6-12(9)14-11/h5-7,11H,2-4,8H2,1H3/t11-/m1/s1. The lowest BCUT2D eigenvalue weighted by Crippen LogP contribution is -2.12. The van der Waals surface area contributed by atoms with Gasteiger partial charge in [-0.25, -0.2) is 4.39 Å². The third-order valence-electron chi connectivity index (χ3n) is 2.64. The number of ether oxygens (including phenoxy) is 1. The van der Waals surface area contributed by atoms with Crippen LogP contribution in [0.1, 0.15) is 31.7 Å². The van der Waals surface area contributed by atoms with Crippen molar-refractivity contribution in [3.63, 3.8) is 0 Å². The molecule has 0 radical (unpaired) electrons. The minimum Gasteiger partial charge on any atom is -0.490 e. The third-order valence-corrected chi connectivity index (χ3v) is 2.64. The van der Waals surface area contributed by atoms with Gasteiger partial charge in [0.25, 0.3) is 0 Å². The van der Waals surface area contributed by atoms with E-state index < -0.39 is 0 Å². The van der Waals surface area contributed by atoms with E-state index in [-0.39, 0.29) is 11.9 Å². The molecule has 0 aromatic heterocycles. The topological polar surface area (TPSA) is 9.23 Å². The molecule has 1 aliphatic heterocycles. The first-order valence-corrected chi connectivity index (χ1v) is 5.24. The van der Waals surface area contributed by atoms with E-state index in [0.717, 1.165) is 24.2 Å². The van der Waals surface area contributed by atoms with E-state index in [1.54, 1.807) is 12.1 Å². The Bertz CT molecular complexity index is 322. The summed E-state index contributed by atoms with van der Waals surface area (Å²) in [7, 11) is 0. The van der Waals surface area contributed by atoms with Crippen molar-refractivity contribution >= 4 is 0 Å². The van der Waals surface area contributed by atoms with E-state index in [9.17, 15) is 4.39 Å². The Kier molecular flexibility index (Phi) is 2.71. The molecule has 0 amide bonds. The Balaban J connectivity index is 2.03. The molecule has 0 saturated heterocycles. The quantitative estimate of drug-likeness (QED) is 0.717. The molecule has 1 aromatic carbocycles. The minimum absolute atomic E-state index is 0.163. The van der Waals surface area contributed by atoms with Gasteiger partial charge in [0.15, 0.2) is 0 Å². The van der Waals surface area contributed by atoms with Crippen LogP contribution in [0.4, 0.5) is 4.39 Å². The van der Waals surface area contributed by atoms with Crippen LogP contribution in [0.25, 0.3) is 0 Å². The van der Waals surface area contributed by atoms with Crippen LogP contribution in [0.5, 0.6) is 5.75 Å². The maximum absolute atomic E-state index is 12.9. The van der Waals surface area contributed by atoms with Gasteiger partial charge in [-0.05, 0) is 24.6 Å². The molecule has 76 valence electrons. The second-order valence-electron chi connectivity index (χ2n) is 3.84. The van der Waals surface area contributed by atoms with Crippen LogP contribution in [0.15, 0.2) is 18.2 Å². The van der Waals surface area contributed by atoms with E-state index in [0.29, 0.717) is 0 Å².